The summed E-state index contributed by atoms with van der Waals surface area (Å²) in [4.78, 5) is 11.9. The van der Waals surface area contributed by atoms with Crippen LogP contribution in [0.25, 0.3) is 27.4 Å². The van der Waals surface area contributed by atoms with Gasteiger partial charge in [0, 0.05) is 31.1 Å². The van der Waals surface area contributed by atoms with E-state index in [1.807, 2.05) is 5.01 Å². The number of ether oxygens (including phenoxy) is 1. The lowest BCUT2D eigenvalue weighted by Gasteiger charge is -2.25. The number of benzene rings is 2. The van der Waals surface area contributed by atoms with Crippen LogP contribution in [0.1, 0.15) is 50.5 Å². The molecule has 8 nitrogen and oxygen atoms in total. The number of pyridine rings is 1. The number of phenolic OH excluding ortho intramolecular Hbond substituents is 1. The van der Waals surface area contributed by atoms with Gasteiger partial charge in [-0.1, -0.05) is 18.4 Å². The highest BCUT2D eigenvalue weighted by Crippen LogP contribution is 2.47. The lowest BCUT2D eigenvalue weighted by Crippen LogP contribution is -2.39. The summed E-state index contributed by atoms with van der Waals surface area (Å²) < 4.78 is 38.9. The van der Waals surface area contributed by atoms with Crippen LogP contribution >= 0.6 is 0 Å². The highest BCUT2D eigenvalue weighted by molar-refractivity contribution is 5.95. The van der Waals surface area contributed by atoms with Crippen molar-refractivity contribution < 1.29 is 23.2 Å². The van der Waals surface area contributed by atoms with Gasteiger partial charge in [-0.2, -0.15) is 9.97 Å². The van der Waals surface area contributed by atoms with Gasteiger partial charge in [0.15, 0.2) is 17.5 Å². The summed E-state index contributed by atoms with van der Waals surface area (Å²) in [6.45, 7) is 5.21. The number of nitrogens with zero attached hydrogens (tertiary/aromatic N) is 5. The Labute approximate surface area is 249 Å². The first-order chi connectivity index (χ1) is 20.9. The molecule has 0 amide bonds. The Balaban J connectivity index is 1.34. The van der Waals surface area contributed by atoms with Crippen molar-refractivity contribution >= 4 is 27.5 Å². The topological polar surface area (TPSA) is 77.6 Å². The summed E-state index contributed by atoms with van der Waals surface area (Å²) in [6.07, 6.45) is 15.0. The van der Waals surface area contributed by atoms with Gasteiger partial charge in [-0.3, -0.25) is 5.01 Å². The molecule has 2 aromatic heterocycles. The molecule has 3 fully saturated rings. The number of hydrazine groups is 1. The third kappa shape index (κ3) is 5.32. The minimum atomic E-state index is -0.696. The molecule has 2 aromatic carbocycles. The van der Waals surface area contributed by atoms with E-state index in [9.17, 15) is 9.50 Å². The van der Waals surface area contributed by atoms with Crippen LogP contribution < -0.4 is 19.7 Å². The maximum absolute atomic E-state index is 16.7. The van der Waals surface area contributed by atoms with Gasteiger partial charge in [0.05, 0.1) is 29.0 Å². The van der Waals surface area contributed by atoms with Gasteiger partial charge in [0.2, 0.25) is 5.69 Å². The molecule has 222 valence electrons. The lowest BCUT2D eigenvalue weighted by atomic mass is 10.0. The summed E-state index contributed by atoms with van der Waals surface area (Å²) >= 11 is 0. The first-order valence-electron chi connectivity index (χ1n) is 15.2. The van der Waals surface area contributed by atoms with Crippen LogP contribution in [0.15, 0.2) is 36.5 Å². The average Bonchev–Trinajstić information content (AvgIpc) is 3.68. The first kappa shape index (κ1) is 27.7. The van der Waals surface area contributed by atoms with Crippen LogP contribution in [0.2, 0.25) is 0 Å². The number of terminal acetylenes is 1. The number of likely N-dealkylation sites (tertiary alicyclic amines) is 1. The number of fused-ring (bicyclic) bond motifs is 2. The zero-order chi connectivity index (χ0) is 29.6. The number of anilines is 1. The molecular weight excluding hydrogens is 550 g/mol. The summed E-state index contributed by atoms with van der Waals surface area (Å²) in [5.41, 5.74) is 3.77. The predicted molar refractivity (Wildman–Crippen MR) is 160 cm³/mol. The van der Waals surface area contributed by atoms with Crippen LogP contribution in [0, 0.1) is 29.5 Å². The van der Waals surface area contributed by atoms with Gasteiger partial charge in [-0.25, -0.2) is 9.82 Å². The Hall–Kier alpha value is -4.07. The number of aromatic nitrogens is 3. The zero-order valence-corrected chi connectivity index (χ0v) is 24.1. The Morgan fingerprint density at radius 3 is 2.65 bits per heavy atom. The fourth-order valence-electron chi connectivity index (χ4n) is 6.47. The number of aromatic hydroxyl groups is 1. The van der Waals surface area contributed by atoms with E-state index >= 15 is 4.39 Å². The molecule has 0 bridgehead atoms. The molecule has 3 aliphatic rings. The Bertz CT molecular complexity index is 1740. The van der Waals surface area contributed by atoms with Gasteiger partial charge in [0.25, 0.3) is 0 Å². The molecule has 4 heterocycles. The normalized spacial score (nSPS) is 18.6. The molecule has 1 aliphatic carbocycles. The monoisotopic (exact) mass is 585 g/mol. The first-order valence-corrected chi connectivity index (χ1v) is 15.2. The van der Waals surface area contributed by atoms with E-state index < -0.39 is 11.8 Å². The van der Waals surface area contributed by atoms with Crippen molar-refractivity contribution in [3.63, 3.8) is 0 Å². The molecule has 1 saturated carbocycles. The number of phenols is 1. The molecule has 2 saturated heterocycles. The molecule has 4 aromatic rings. The quantitative estimate of drug-likeness (QED) is 0.184. The Kier molecular flexibility index (Phi) is 7.23. The van der Waals surface area contributed by atoms with E-state index in [4.69, 9.17) is 16.1 Å². The van der Waals surface area contributed by atoms with E-state index in [-0.39, 0.29) is 33.9 Å². The number of halogens is 2. The standard InChI is InChI=1S/C33H34F2N6O2/c1-2-24-26(34)9-8-22-18-23(42)19-27(28(22)24)40-17-10-25-29(30(40)35)37-32(38-31(25)41-16-5-3-4-13-36-41)43-21-33(11-12-33)20-39-14-6-7-15-39/h1,8-10,17-19,36H,3-7,11-16,20-21H2/p+1. The smallest absolute Gasteiger partial charge is 0.392 e. The van der Waals surface area contributed by atoms with Gasteiger partial charge in [-0.05, 0) is 69.1 Å². The fourth-order valence-corrected chi connectivity index (χ4v) is 6.47. The second-order valence-electron chi connectivity index (χ2n) is 12.1. The van der Waals surface area contributed by atoms with Crippen molar-refractivity contribution in [2.24, 2.45) is 5.41 Å². The lowest BCUT2D eigenvalue weighted by molar-refractivity contribution is -0.624. The van der Waals surface area contributed by atoms with Crippen molar-refractivity contribution in [3.8, 4) is 29.8 Å². The van der Waals surface area contributed by atoms with Gasteiger partial charge >= 0.3 is 12.0 Å². The van der Waals surface area contributed by atoms with Gasteiger partial charge in [0.1, 0.15) is 11.6 Å². The molecule has 2 aliphatic heterocycles. The molecule has 2 N–H and O–H groups in total. The maximum atomic E-state index is 16.7. The zero-order valence-electron chi connectivity index (χ0n) is 24.1. The van der Waals surface area contributed by atoms with Crippen molar-refractivity contribution in [1.82, 2.24) is 20.3 Å². The summed E-state index contributed by atoms with van der Waals surface area (Å²) in [7, 11) is 0. The highest BCUT2D eigenvalue weighted by atomic mass is 19.1. The van der Waals surface area contributed by atoms with E-state index in [1.54, 1.807) is 6.07 Å². The fraction of sp³-hybridized carbons (Fsp3) is 0.424. The van der Waals surface area contributed by atoms with E-state index in [0.717, 1.165) is 58.3 Å². The maximum Gasteiger partial charge on any atom is 0.392 e. The van der Waals surface area contributed by atoms with Gasteiger partial charge < -0.3 is 14.7 Å². The molecule has 0 unspecified atom stereocenters. The number of rotatable bonds is 7. The predicted octanol–water partition coefficient (Wildman–Crippen LogP) is 4.77. The molecule has 7 rings (SSSR count). The van der Waals surface area contributed by atoms with Crippen molar-refractivity contribution in [1.29, 1.82) is 0 Å². The molecule has 10 heteroatoms. The average molecular weight is 586 g/mol. The van der Waals surface area contributed by atoms with Crippen molar-refractivity contribution in [2.45, 2.75) is 44.9 Å². The number of nitrogens with one attached hydrogen (secondary N) is 1. The van der Waals surface area contributed by atoms with Crippen LogP contribution in [0.5, 0.6) is 11.8 Å². The molecule has 0 radical (unpaired) electrons. The van der Waals surface area contributed by atoms with Gasteiger partial charge in [-0.15, -0.1) is 15.4 Å². The largest absolute Gasteiger partial charge is 0.508 e. The summed E-state index contributed by atoms with van der Waals surface area (Å²) in [5, 5.41) is 13.8. The SMILES string of the molecule is C#Cc1c(F)ccc2cc(O)cc(-[n+]3ccc4c(N5CCCCCN5)nc(OCC5(CN6CCCC6)CC5)nc4c3F)c12. The molecular formula is C33H35F2N6O2+. The minimum absolute atomic E-state index is 0.00611. The molecule has 0 spiro atoms. The Morgan fingerprint density at radius 2 is 1.86 bits per heavy atom. The number of hydrogen-bond acceptors (Lipinski definition) is 7. The minimum Gasteiger partial charge on any atom is -0.508 e. The second kappa shape index (κ2) is 11.2. The molecule has 43 heavy (non-hydrogen) atoms. The summed E-state index contributed by atoms with van der Waals surface area (Å²) in [5.74, 6) is 1.55. The third-order valence-electron chi connectivity index (χ3n) is 8.98. The van der Waals surface area contributed by atoms with E-state index in [2.05, 4.69) is 21.2 Å². The third-order valence-corrected chi connectivity index (χ3v) is 8.98. The van der Waals surface area contributed by atoms with E-state index in [1.165, 1.54) is 47.9 Å². The van der Waals surface area contributed by atoms with Crippen molar-refractivity contribution in [3.05, 3.63) is 53.9 Å². The Morgan fingerprint density at radius 1 is 1.05 bits per heavy atom. The van der Waals surface area contributed by atoms with Crippen molar-refractivity contribution in [2.75, 3.05) is 44.3 Å². The van der Waals surface area contributed by atoms with Crippen LogP contribution in [-0.4, -0.2) is 59.3 Å². The van der Waals surface area contributed by atoms with E-state index in [0.29, 0.717) is 35.1 Å². The highest BCUT2D eigenvalue weighted by Gasteiger charge is 2.45. The van der Waals surface area contributed by atoms with Crippen LogP contribution in [0.4, 0.5) is 14.6 Å². The van der Waals surface area contributed by atoms with Crippen LogP contribution in [-0.2, 0) is 0 Å². The van der Waals surface area contributed by atoms with Crippen LogP contribution in [0.3, 0.4) is 0 Å². The molecule has 0 atom stereocenters. The summed E-state index contributed by atoms with van der Waals surface area (Å²) in [6, 6.07) is 7.48. The number of hydrogen-bond donors (Lipinski definition) is 2. The second-order valence-corrected chi connectivity index (χ2v) is 12.1.